The monoisotopic (exact) mass is 312 g/mol. The fraction of sp³-hybridized carbons (Fsp3) is 0.273. The van der Waals surface area contributed by atoms with Gasteiger partial charge in [0.15, 0.2) is 4.34 Å². The zero-order chi connectivity index (χ0) is 14.4. The number of nitro groups is 1. The van der Waals surface area contributed by atoms with Crippen molar-refractivity contribution in [2.24, 2.45) is 0 Å². The number of benzene rings is 1. The zero-order valence-electron chi connectivity index (χ0n) is 10.4. The van der Waals surface area contributed by atoms with E-state index >= 15 is 0 Å². The van der Waals surface area contributed by atoms with Gasteiger partial charge in [0.1, 0.15) is 5.75 Å². The molecule has 2 aromatic rings. The second-order valence-electron chi connectivity index (χ2n) is 3.71. The predicted octanol–water partition coefficient (Wildman–Crippen LogP) is 2.59. The van der Waals surface area contributed by atoms with Gasteiger partial charge in [0.05, 0.1) is 11.5 Å². The summed E-state index contributed by atoms with van der Waals surface area (Å²) in [5.74, 6) is 1.47. The number of nitrogens with zero attached hydrogens (tertiary/aromatic N) is 3. The first-order valence-corrected chi connectivity index (χ1v) is 7.54. The van der Waals surface area contributed by atoms with Crippen molar-refractivity contribution < 1.29 is 9.66 Å². The quantitative estimate of drug-likeness (QED) is 0.362. The van der Waals surface area contributed by atoms with Crippen LogP contribution in [0.1, 0.15) is 6.42 Å². The van der Waals surface area contributed by atoms with Gasteiger partial charge in [-0.2, -0.15) is 0 Å². The Labute approximate surface area is 123 Å². The van der Waals surface area contributed by atoms with Crippen LogP contribution in [0.15, 0.2) is 28.6 Å². The molecule has 0 bridgehead atoms. The van der Waals surface area contributed by atoms with Crippen LogP contribution in [0.25, 0.3) is 0 Å². The largest absolute Gasteiger partial charge is 0.494 e. The first kappa shape index (κ1) is 14.5. The molecule has 0 saturated carbocycles. The fourth-order valence-electron chi connectivity index (χ4n) is 1.35. The van der Waals surface area contributed by atoms with Gasteiger partial charge < -0.3 is 10.5 Å². The molecule has 2 rings (SSSR count). The van der Waals surface area contributed by atoms with Gasteiger partial charge >= 0.3 is 0 Å². The maximum absolute atomic E-state index is 10.5. The molecule has 20 heavy (non-hydrogen) atoms. The Hall–Kier alpha value is -1.87. The molecule has 9 heteroatoms. The van der Waals surface area contributed by atoms with E-state index in [4.69, 9.17) is 10.5 Å². The normalized spacial score (nSPS) is 10.4. The molecule has 0 atom stereocenters. The van der Waals surface area contributed by atoms with Crippen molar-refractivity contribution in [3.05, 3.63) is 34.4 Å². The molecule has 1 aromatic carbocycles. The van der Waals surface area contributed by atoms with Crippen molar-refractivity contribution >= 4 is 33.9 Å². The number of aromatic nitrogens is 2. The maximum atomic E-state index is 10.5. The predicted molar refractivity (Wildman–Crippen MR) is 78.3 cm³/mol. The minimum Gasteiger partial charge on any atom is -0.494 e. The Morgan fingerprint density at radius 1 is 1.35 bits per heavy atom. The fourth-order valence-corrected chi connectivity index (χ4v) is 2.97. The summed E-state index contributed by atoms with van der Waals surface area (Å²) in [5.41, 5.74) is 5.53. The van der Waals surface area contributed by atoms with Gasteiger partial charge in [0.2, 0.25) is 5.13 Å². The number of nitro benzene ring substituents is 1. The molecular weight excluding hydrogens is 300 g/mol. The summed E-state index contributed by atoms with van der Waals surface area (Å²) in [5, 5.41) is 18.6. The lowest BCUT2D eigenvalue weighted by molar-refractivity contribution is -0.384. The van der Waals surface area contributed by atoms with Gasteiger partial charge in [-0.15, -0.1) is 10.2 Å². The highest BCUT2D eigenvalue weighted by Crippen LogP contribution is 2.24. The molecule has 0 aliphatic carbocycles. The molecule has 1 aromatic heterocycles. The molecule has 0 fully saturated rings. The highest BCUT2D eigenvalue weighted by atomic mass is 32.2. The van der Waals surface area contributed by atoms with E-state index in [0.29, 0.717) is 17.5 Å². The summed E-state index contributed by atoms with van der Waals surface area (Å²) < 4.78 is 6.34. The van der Waals surface area contributed by atoms with Gasteiger partial charge in [-0.3, -0.25) is 10.1 Å². The van der Waals surface area contributed by atoms with E-state index in [1.54, 1.807) is 23.9 Å². The van der Waals surface area contributed by atoms with Crippen molar-refractivity contribution in [2.45, 2.75) is 10.8 Å². The number of thioether (sulfide) groups is 1. The van der Waals surface area contributed by atoms with E-state index in [-0.39, 0.29) is 5.69 Å². The topological polar surface area (TPSA) is 104 Å². The van der Waals surface area contributed by atoms with E-state index in [1.165, 1.54) is 23.5 Å². The van der Waals surface area contributed by atoms with Gasteiger partial charge in [-0.05, 0) is 18.6 Å². The Bertz CT molecular complexity index is 573. The number of rotatable bonds is 7. The molecule has 7 nitrogen and oxygen atoms in total. The number of nitrogen functional groups attached to an aromatic ring is 1. The zero-order valence-corrected chi connectivity index (χ0v) is 12.0. The molecule has 0 spiro atoms. The minimum atomic E-state index is -0.436. The van der Waals surface area contributed by atoms with Crippen LogP contribution < -0.4 is 10.5 Å². The lowest BCUT2D eigenvalue weighted by Crippen LogP contribution is -1.98. The van der Waals surface area contributed by atoms with Crippen LogP contribution in [-0.2, 0) is 0 Å². The standard InChI is InChI=1S/C11H12N4O3S2/c12-10-13-14-11(20-10)19-7-1-6-18-9-4-2-8(3-5-9)15(16)17/h2-5H,1,6-7H2,(H2,12,13). The van der Waals surface area contributed by atoms with Crippen LogP contribution in [-0.4, -0.2) is 27.5 Å². The SMILES string of the molecule is Nc1nnc(SCCCOc2ccc([N+](=O)[O-])cc2)s1. The van der Waals surface area contributed by atoms with Crippen molar-refractivity contribution in [1.82, 2.24) is 10.2 Å². The lowest BCUT2D eigenvalue weighted by atomic mass is 10.3. The van der Waals surface area contributed by atoms with Crippen LogP contribution in [0.4, 0.5) is 10.8 Å². The third-order valence-electron chi connectivity index (χ3n) is 2.25. The van der Waals surface area contributed by atoms with E-state index in [1.807, 2.05) is 0 Å². The summed E-state index contributed by atoms with van der Waals surface area (Å²) >= 11 is 2.94. The molecule has 0 saturated heterocycles. The number of hydrogen-bond donors (Lipinski definition) is 1. The van der Waals surface area contributed by atoms with Crippen molar-refractivity contribution in [3.8, 4) is 5.75 Å². The van der Waals surface area contributed by atoms with Gasteiger partial charge in [-0.25, -0.2) is 0 Å². The Morgan fingerprint density at radius 3 is 2.70 bits per heavy atom. The number of hydrogen-bond acceptors (Lipinski definition) is 8. The molecular formula is C11H12N4O3S2. The third-order valence-corrected chi connectivity index (χ3v) is 4.22. The second kappa shape index (κ2) is 7.06. The molecule has 2 N–H and O–H groups in total. The first-order chi connectivity index (χ1) is 9.65. The Balaban J connectivity index is 1.66. The van der Waals surface area contributed by atoms with Crippen LogP contribution in [0.5, 0.6) is 5.75 Å². The summed E-state index contributed by atoms with van der Waals surface area (Å²) in [7, 11) is 0. The van der Waals surface area contributed by atoms with Crippen LogP contribution in [0.2, 0.25) is 0 Å². The van der Waals surface area contributed by atoms with Crippen molar-refractivity contribution in [1.29, 1.82) is 0 Å². The van der Waals surface area contributed by atoms with Crippen molar-refractivity contribution in [3.63, 3.8) is 0 Å². The Morgan fingerprint density at radius 2 is 2.10 bits per heavy atom. The van der Waals surface area contributed by atoms with E-state index in [9.17, 15) is 10.1 Å². The number of anilines is 1. The number of nitrogens with two attached hydrogens (primary N) is 1. The maximum Gasteiger partial charge on any atom is 0.269 e. The van der Waals surface area contributed by atoms with Gasteiger partial charge in [0.25, 0.3) is 5.69 Å². The van der Waals surface area contributed by atoms with Gasteiger partial charge in [-0.1, -0.05) is 23.1 Å². The van der Waals surface area contributed by atoms with Crippen LogP contribution >= 0.6 is 23.1 Å². The number of non-ortho nitro benzene ring substituents is 1. The Kier molecular flexibility index (Phi) is 5.13. The van der Waals surface area contributed by atoms with Crippen LogP contribution in [0, 0.1) is 10.1 Å². The molecule has 0 unspecified atom stereocenters. The molecule has 0 radical (unpaired) electrons. The third kappa shape index (κ3) is 4.35. The summed E-state index contributed by atoms with van der Waals surface area (Å²) in [6, 6.07) is 6.04. The highest BCUT2D eigenvalue weighted by molar-refractivity contribution is 8.01. The summed E-state index contributed by atoms with van der Waals surface area (Å²) in [6.07, 6.45) is 0.834. The van der Waals surface area contributed by atoms with Crippen LogP contribution in [0.3, 0.4) is 0 Å². The van der Waals surface area contributed by atoms with Gasteiger partial charge in [0, 0.05) is 17.9 Å². The summed E-state index contributed by atoms with van der Waals surface area (Å²) in [4.78, 5) is 10.1. The smallest absolute Gasteiger partial charge is 0.269 e. The average Bonchev–Trinajstić information content (AvgIpc) is 2.84. The molecule has 0 aliphatic rings. The molecule has 0 aliphatic heterocycles. The molecule has 106 valence electrons. The number of ether oxygens (including phenoxy) is 1. The first-order valence-electron chi connectivity index (χ1n) is 5.74. The molecule has 1 heterocycles. The highest BCUT2D eigenvalue weighted by Gasteiger charge is 2.04. The van der Waals surface area contributed by atoms with E-state index in [0.717, 1.165) is 16.5 Å². The van der Waals surface area contributed by atoms with Crippen molar-refractivity contribution in [2.75, 3.05) is 18.1 Å². The summed E-state index contributed by atoms with van der Waals surface area (Å²) in [6.45, 7) is 0.541. The van der Waals surface area contributed by atoms with E-state index < -0.39 is 4.92 Å². The lowest BCUT2D eigenvalue weighted by Gasteiger charge is -2.04. The second-order valence-corrected chi connectivity index (χ2v) is 6.06. The van der Waals surface area contributed by atoms with E-state index in [2.05, 4.69) is 10.2 Å². The minimum absolute atomic E-state index is 0.0572. The molecule has 0 amide bonds. The average molecular weight is 312 g/mol.